The fourth-order valence-corrected chi connectivity index (χ4v) is 5.42. The molecule has 0 aromatic heterocycles. The maximum absolute atomic E-state index is 12.2. The highest BCUT2D eigenvalue weighted by Crippen LogP contribution is 2.45. The van der Waals surface area contributed by atoms with E-state index in [1.165, 1.54) is 36.3 Å². The normalized spacial score (nSPS) is 21.0. The Labute approximate surface area is 128 Å². The molecular weight excluding hydrogens is 288 g/mol. The van der Waals surface area contributed by atoms with Crippen molar-refractivity contribution in [3.63, 3.8) is 0 Å². The van der Waals surface area contributed by atoms with Gasteiger partial charge in [0.2, 0.25) is 0 Å². The number of carbonyl (C=O) groups is 1. The highest BCUT2D eigenvalue weighted by Gasteiger charge is 2.19. The number of hydrogen-bond acceptors (Lipinski definition) is 4. The number of piperidine rings is 1. The Morgan fingerprint density at radius 2 is 1.70 bits per heavy atom. The number of hydrogen-bond donors (Lipinski definition) is 1. The van der Waals surface area contributed by atoms with Crippen LogP contribution in [0.5, 0.6) is 0 Å². The van der Waals surface area contributed by atoms with E-state index in [9.17, 15) is 4.79 Å². The van der Waals surface area contributed by atoms with Gasteiger partial charge in [-0.05, 0) is 30.5 Å². The lowest BCUT2D eigenvalue weighted by molar-refractivity contribution is 0.0750. The number of thioether (sulfide) groups is 2. The summed E-state index contributed by atoms with van der Waals surface area (Å²) in [6.45, 7) is 1.94. The van der Waals surface area contributed by atoms with E-state index in [0.717, 1.165) is 18.7 Å². The van der Waals surface area contributed by atoms with Gasteiger partial charge in [-0.25, -0.2) is 5.01 Å². The minimum absolute atomic E-state index is 0.0187. The first-order valence-electron chi connectivity index (χ1n) is 7.22. The molecule has 0 radical (unpaired) electrons. The standard InChI is InChI=1S/C15H20N2OS2/c18-14(16-17-8-2-1-3-9-17)12-4-6-13(7-5-12)15-19-10-11-20-15/h4-7,15H,1-3,8-11H2,(H,16,18). The maximum Gasteiger partial charge on any atom is 0.265 e. The summed E-state index contributed by atoms with van der Waals surface area (Å²) in [4.78, 5) is 12.2. The quantitative estimate of drug-likeness (QED) is 0.928. The zero-order chi connectivity index (χ0) is 13.8. The number of nitrogens with zero attached hydrogens (tertiary/aromatic N) is 1. The Balaban J connectivity index is 1.59. The average Bonchev–Trinajstić information content (AvgIpc) is 3.03. The first-order chi connectivity index (χ1) is 9.83. The van der Waals surface area contributed by atoms with E-state index in [1.54, 1.807) is 0 Å². The number of nitrogens with one attached hydrogen (secondary N) is 1. The van der Waals surface area contributed by atoms with Crippen molar-refractivity contribution in [1.29, 1.82) is 0 Å². The Morgan fingerprint density at radius 1 is 1.05 bits per heavy atom. The van der Waals surface area contributed by atoms with Gasteiger partial charge >= 0.3 is 0 Å². The van der Waals surface area contributed by atoms with Gasteiger partial charge in [0.1, 0.15) is 0 Å². The Morgan fingerprint density at radius 3 is 2.35 bits per heavy atom. The summed E-state index contributed by atoms with van der Waals surface area (Å²) in [5.41, 5.74) is 5.09. The molecule has 1 N–H and O–H groups in total. The van der Waals surface area contributed by atoms with Crippen LogP contribution in [0.15, 0.2) is 24.3 Å². The van der Waals surface area contributed by atoms with Crippen LogP contribution >= 0.6 is 23.5 Å². The third-order valence-electron chi connectivity index (χ3n) is 3.68. The molecule has 0 saturated carbocycles. The average molecular weight is 308 g/mol. The van der Waals surface area contributed by atoms with Crippen LogP contribution in [0.4, 0.5) is 0 Å². The van der Waals surface area contributed by atoms with E-state index in [-0.39, 0.29) is 5.91 Å². The Bertz CT molecular complexity index is 451. The van der Waals surface area contributed by atoms with E-state index in [4.69, 9.17) is 0 Å². The molecule has 3 rings (SSSR count). The van der Waals surface area contributed by atoms with Crippen LogP contribution in [0.1, 0.15) is 39.8 Å². The minimum atomic E-state index is 0.0187. The number of carbonyl (C=O) groups excluding carboxylic acids is 1. The van der Waals surface area contributed by atoms with Gasteiger partial charge in [-0.15, -0.1) is 23.5 Å². The van der Waals surface area contributed by atoms with Crippen molar-refractivity contribution < 1.29 is 4.79 Å². The largest absolute Gasteiger partial charge is 0.285 e. The molecule has 0 atom stereocenters. The number of benzene rings is 1. The Hall–Kier alpha value is -0.650. The van der Waals surface area contributed by atoms with Gasteiger partial charge < -0.3 is 0 Å². The van der Waals surface area contributed by atoms with E-state index in [0.29, 0.717) is 4.58 Å². The van der Waals surface area contributed by atoms with Gasteiger partial charge in [0.25, 0.3) is 5.91 Å². The minimum Gasteiger partial charge on any atom is -0.285 e. The lowest BCUT2D eigenvalue weighted by atomic mass is 10.1. The summed E-state index contributed by atoms with van der Waals surface area (Å²) in [5.74, 6) is 2.48. The van der Waals surface area contributed by atoms with Gasteiger partial charge in [0, 0.05) is 30.2 Å². The summed E-state index contributed by atoms with van der Waals surface area (Å²) in [5, 5.41) is 2.04. The van der Waals surface area contributed by atoms with Crippen molar-refractivity contribution in [2.75, 3.05) is 24.6 Å². The predicted molar refractivity (Wildman–Crippen MR) is 87.0 cm³/mol. The SMILES string of the molecule is O=C(NN1CCCCC1)c1ccc(C2SCCS2)cc1. The van der Waals surface area contributed by atoms with Crippen molar-refractivity contribution in [3.05, 3.63) is 35.4 Å². The van der Waals surface area contributed by atoms with Gasteiger partial charge in [-0.1, -0.05) is 18.6 Å². The van der Waals surface area contributed by atoms with Crippen LogP contribution in [-0.2, 0) is 0 Å². The highest BCUT2D eigenvalue weighted by atomic mass is 32.2. The summed E-state index contributed by atoms with van der Waals surface area (Å²) < 4.78 is 0.550. The summed E-state index contributed by atoms with van der Waals surface area (Å²) >= 11 is 3.98. The van der Waals surface area contributed by atoms with Crippen LogP contribution in [0.3, 0.4) is 0 Å². The molecule has 1 amide bonds. The van der Waals surface area contributed by atoms with Crippen LogP contribution in [0.2, 0.25) is 0 Å². The van der Waals surface area contributed by atoms with Crippen molar-refractivity contribution in [2.24, 2.45) is 0 Å². The van der Waals surface area contributed by atoms with Crippen molar-refractivity contribution in [3.8, 4) is 0 Å². The van der Waals surface area contributed by atoms with E-state index >= 15 is 0 Å². The van der Waals surface area contributed by atoms with E-state index < -0.39 is 0 Å². The van der Waals surface area contributed by atoms with Gasteiger partial charge in [-0.3, -0.25) is 10.2 Å². The number of hydrazine groups is 1. The molecule has 3 nitrogen and oxygen atoms in total. The fraction of sp³-hybridized carbons (Fsp3) is 0.533. The summed E-state index contributed by atoms with van der Waals surface area (Å²) in [7, 11) is 0. The van der Waals surface area contributed by atoms with E-state index in [1.807, 2.05) is 40.7 Å². The van der Waals surface area contributed by atoms with Gasteiger partial charge in [-0.2, -0.15) is 0 Å². The predicted octanol–water partition coefficient (Wildman–Crippen LogP) is 3.30. The lowest BCUT2D eigenvalue weighted by Crippen LogP contribution is -2.45. The summed E-state index contributed by atoms with van der Waals surface area (Å²) in [6, 6.07) is 8.10. The Kier molecular flexibility index (Phi) is 4.91. The van der Waals surface area contributed by atoms with Crippen LogP contribution in [-0.4, -0.2) is 35.5 Å². The number of rotatable bonds is 3. The zero-order valence-corrected chi connectivity index (χ0v) is 13.1. The molecule has 2 aliphatic heterocycles. The molecular formula is C15H20N2OS2. The molecule has 108 valence electrons. The van der Waals surface area contributed by atoms with Crippen LogP contribution < -0.4 is 5.43 Å². The molecule has 0 bridgehead atoms. The van der Waals surface area contributed by atoms with Gasteiger partial charge in [0.15, 0.2) is 0 Å². The monoisotopic (exact) mass is 308 g/mol. The molecule has 2 aliphatic rings. The second kappa shape index (κ2) is 6.87. The molecule has 0 aliphatic carbocycles. The summed E-state index contributed by atoms with van der Waals surface area (Å²) in [6.07, 6.45) is 3.63. The molecule has 20 heavy (non-hydrogen) atoms. The third-order valence-corrected chi connectivity index (χ3v) is 6.79. The fourth-order valence-electron chi connectivity index (χ4n) is 2.56. The first-order valence-corrected chi connectivity index (χ1v) is 9.32. The van der Waals surface area contributed by atoms with Crippen molar-refractivity contribution in [2.45, 2.75) is 23.8 Å². The number of amides is 1. The lowest BCUT2D eigenvalue weighted by Gasteiger charge is -2.26. The molecule has 0 spiro atoms. The molecule has 2 saturated heterocycles. The van der Waals surface area contributed by atoms with Crippen LogP contribution in [0.25, 0.3) is 0 Å². The second-order valence-electron chi connectivity index (χ2n) is 5.18. The molecule has 2 heterocycles. The zero-order valence-electron chi connectivity index (χ0n) is 11.5. The van der Waals surface area contributed by atoms with Crippen molar-refractivity contribution in [1.82, 2.24) is 10.4 Å². The molecule has 1 aromatic rings. The van der Waals surface area contributed by atoms with Crippen LogP contribution in [0, 0.1) is 0 Å². The van der Waals surface area contributed by atoms with Gasteiger partial charge in [0.05, 0.1) is 4.58 Å². The second-order valence-corrected chi connectivity index (χ2v) is 7.91. The maximum atomic E-state index is 12.2. The van der Waals surface area contributed by atoms with Crippen molar-refractivity contribution >= 4 is 29.4 Å². The third kappa shape index (κ3) is 3.51. The smallest absolute Gasteiger partial charge is 0.265 e. The molecule has 1 aromatic carbocycles. The molecule has 5 heteroatoms. The molecule has 2 fully saturated rings. The van der Waals surface area contributed by atoms with E-state index in [2.05, 4.69) is 17.6 Å². The highest BCUT2D eigenvalue weighted by molar-refractivity contribution is 8.19. The molecule has 0 unspecified atom stereocenters. The first kappa shape index (κ1) is 14.3. The topological polar surface area (TPSA) is 32.3 Å².